The van der Waals surface area contributed by atoms with E-state index in [0.29, 0.717) is 0 Å². The third-order valence-corrected chi connectivity index (χ3v) is 2.89. The zero-order valence-corrected chi connectivity index (χ0v) is 8.92. The normalized spacial score (nSPS) is 20.7. The van der Waals surface area contributed by atoms with Gasteiger partial charge in [-0.25, -0.2) is 8.78 Å². The van der Waals surface area contributed by atoms with E-state index in [9.17, 15) is 13.9 Å². The molecule has 0 fully saturated rings. The maximum atomic E-state index is 13.4. The van der Waals surface area contributed by atoms with Crippen LogP contribution in [0.3, 0.4) is 0 Å². The van der Waals surface area contributed by atoms with Crippen LogP contribution in [0.15, 0.2) is 29.8 Å². The molecule has 1 atom stereocenters. The number of allylic oxidation sites excluding steroid dienone is 1. The number of hydrogen-bond donors (Lipinski definition) is 1. The molecule has 0 amide bonds. The molecule has 0 spiro atoms. The van der Waals surface area contributed by atoms with Crippen molar-refractivity contribution in [3.05, 3.63) is 47.0 Å². The van der Waals surface area contributed by atoms with Crippen molar-refractivity contribution < 1.29 is 13.9 Å². The first-order valence-corrected chi connectivity index (χ1v) is 5.47. The molecule has 1 aromatic rings. The molecule has 1 aromatic carbocycles. The Morgan fingerprint density at radius 2 is 1.94 bits per heavy atom. The summed E-state index contributed by atoms with van der Waals surface area (Å²) in [6.07, 6.45) is 3.95. The fraction of sp³-hybridized carbons (Fsp3) is 0.385. The van der Waals surface area contributed by atoms with Gasteiger partial charge in [-0.3, -0.25) is 0 Å². The molecular formula is C13H14F2O. The highest BCUT2D eigenvalue weighted by Crippen LogP contribution is 2.24. The molecule has 0 aliphatic heterocycles. The van der Waals surface area contributed by atoms with Crippen LogP contribution in [0.1, 0.15) is 24.8 Å². The van der Waals surface area contributed by atoms with E-state index in [2.05, 4.69) is 0 Å². The monoisotopic (exact) mass is 224 g/mol. The lowest BCUT2D eigenvalue weighted by molar-refractivity contribution is 0.201. The molecule has 1 aliphatic rings. The van der Waals surface area contributed by atoms with Crippen molar-refractivity contribution in [2.24, 2.45) is 0 Å². The van der Waals surface area contributed by atoms with E-state index in [4.69, 9.17) is 0 Å². The van der Waals surface area contributed by atoms with Crippen molar-refractivity contribution in [2.75, 3.05) is 0 Å². The molecule has 3 heteroatoms. The Bertz CT molecular complexity index is 392. The Morgan fingerprint density at radius 3 is 2.56 bits per heavy atom. The Kier molecular flexibility index (Phi) is 3.34. The van der Waals surface area contributed by atoms with Gasteiger partial charge in [0.25, 0.3) is 0 Å². The summed E-state index contributed by atoms with van der Waals surface area (Å²) in [7, 11) is 0. The van der Waals surface area contributed by atoms with E-state index in [-0.39, 0.29) is 12.0 Å². The van der Waals surface area contributed by atoms with E-state index in [0.717, 1.165) is 24.8 Å². The molecular weight excluding hydrogens is 210 g/mol. The number of aliphatic hydroxyl groups excluding tert-OH is 1. The summed E-state index contributed by atoms with van der Waals surface area (Å²) >= 11 is 0. The average molecular weight is 224 g/mol. The summed E-state index contributed by atoms with van der Waals surface area (Å²) in [6, 6.07) is 3.88. The minimum atomic E-state index is -0.513. The maximum absolute atomic E-state index is 13.4. The predicted octanol–water partition coefficient (Wildman–Crippen LogP) is 2.98. The second kappa shape index (κ2) is 4.74. The Balaban J connectivity index is 2.20. The Morgan fingerprint density at radius 1 is 1.25 bits per heavy atom. The Labute approximate surface area is 93.4 Å². The standard InChI is InChI=1S/C13H14F2O/c14-12-5-2-6-13(15)11(12)8-9-3-1-4-10(16)7-9/h2,5-7,10,16H,1,3-4,8H2. The topological polar surface area (TPSA) is 20.2 Å². The van der Waals surface area contributed by atoms with Gasteiger partial charge in [0.2, 0.25) is 0 Å². The van der Waals surface area contributed by atoms with Gasteiger partial charge < -0.3 is 5.11 Å². The van der Waals surface area contributed by atoms with Gasteiger partial charge in [0.15, 0.2) is 0 Å². The summed E-state index contributed by atoms with van der Waals surface area (Å²) in [4.78, 5) is 0. The number of benzene rings is 1. The largest absolute Gasteiger partial charge is 0.389 e. The fourth-order valence-corrected chi connectivity index (χ4v) is 2.05. The zero-order chi connectivity index (χ0) is 11.5. The quantitative estimate of drug-likeness (QED) is 0.766. The molecule has 0 aromatic heterocycles. The van der Waals surface area contributed by atoms with Crippen LogP contribution in [0, 0.1) is 11.6 Å². The van der Waals surface area contributed by atoms with Crippen LogP contribution in [0.2, 0.25) is 0 Å². The van der Waals surface area contributed by atoms with Gasteiger partial charge in [-0.1, -0.05) is 17.7 Å². The van der Waals surface area contributed by atoms with Crippen LogP contribution in [0.25, 0.3) is 0 Å². The summed E-state index contributed by atoms with van der Waals surface area (Å²) in [6.45, 7) is 0. The summed E-state index contributed by atoms with van der Waals surface area (Å²) < 4.78 is 26.7. The summed E-state index contributed by atoms with van der Waals surface area (Å²) in [5.74, 6) is -1.03. The third kappa shape index (κ3) is 2.47. The molecule has 0 radical (unpaired) electrons. The Hall–Kier alpha value is -1.22. The van der Waals surface area contributed by atoms with Crippen LogP contribution >= 0.6 is 0 Å². The lowest BCUT2D eigenvalue weighted by atomic mass is 9.92. The van der Waals surface area contributed by atoms with Gasteiger partial charge in [0.1, 0.15) is 11.6 Å². The van der Waals surface area contributed by atoms with Gasteiger partial charge in [-0.2, -0.15) is 0 Å². The van der Waals surface area contributed by atoms with E-state index in [1.165, 1.54) is 18.2 Å². The van der Waals surface area contributed by atoms with Crippen molar-refractivity contribution in [1.82, 2.24) is 0 Å². The molecule has 0 saturated heterocycles. The smallest absolute Gasteiger partial charge is 0.129 e. The van der Waals surface area contributed by atoms with Crippen molar-refractivity contribution in [1.29, 1.82) is 0 Å². The minimum Gasteiger partial charge on any atom is -0.389 e. The van der Waals surface area contributed by atoms with Crippen LogP contribution in [-0.4, -0.2) is 11.2 Å². The first-order chi connectivity index (χ1) is 7.66. The molecule has 2 rings (SSSR count). The van der Waals surface area contributed by atoms with E-state index in [1.807, 2.05) is 0 Å². The van der Waals surface area contributed by atoms with Gasteiger partial charge in [-0.05, 0) is 37.8 Å². The second-order valence-corrected chi connectivity index (χ2v) is 4.16. The molecule has 0 heterocycles. The minimum absolute atomic E-state index is 0.0999. The molecule has 0 bridgehead atoms. The molecule has 86 valence electrons. The highest BCUT2D eigenvalue weighted by atomic mass is 19.1. The van der Waals surface area contributed by atoms with Crippen LogP contribution < -0.4 is 0 Å². The zero-order valence-electron chi connectivity index (χ0n) is 8.92. The van der Waals surface area contributed by atoms with Crippen LogP contribution in [0.4, 0.5) is 8.78 Å². The molecule has 1 unspecified atom stereocenters. The average Bonchev–Trinajstić information content (AvgIpc) is 2.24. The lowest BCUT2D eigenvalue weighted by Crippen LogP contribution is -2.11. The van der Waals surface area contributed by atoms with Crippen LogP contribution in [0.5, 0.6) is 0 Å². The lowest BCUT2D eigenvalue weighted by Gasteiger charge is -2.17. The summed E-state index contributed by atoms with van der Waals surface area (Å²) in [5.41, 5.74) is 1.02. The van der Waals surface area contributed by atoms with Crippen molar-refractivity contribution in [3.8, 4) is 0 Å². The van der Waals surface area contributed by atoms with E-state index < -0.39 is 17.7 Å². The first-order valence-electron chi connectivity index (χ1n) is 5.47. The predicted molar refractivity (Wildman–Crippen MR) is 58.0 cm³/mol. The molecule has 0 saturated carbocycles. The van der Waals surface area contributed by atoms with Gasteiger partial charge in [0, 0.05) is 5.56 Å². The van der Waals surface area contributed by atoms with Crippen molar-refractivity contribution >= 4 is 0 Å². The fourth-order valence-electron chi connectivity index (χ4n) is 2.05. The molecule has 1 nitrogen and oxygen atoms in total. The third-order valence-electron chi connectivity index (χ3n) is 2.89. The highest BCUT2D eigenvalue weighted by molar-refractivity contribution is 5.26. The SMILES string of the molecule is OC1C=C(Cc2c(F)cccc2F)CCC1. The molecule has 1 N–H and O–H groups in total. The second-order valence-electron chi connectivity index (χ2n) is 4.16. The first kappa shape index (κ1) is 11.3. The van der Waals surface area contributed by atoms with Crippen LogP contribution in [-0.2, 0) is 6.42 Å². The number of aliphatic hydroxyl groups is 1. The van der Waals surface area contributed by atoms with E-state index >= 15 is 0 Å². The van der Waals surface area contributed by atoms with E-state index in [1.54, 1.807) is 6.08 Å². The van der Waals surface area contributed by atoms with Gasteiger partial charge in [0.05, 0.1) is 6.10 Å². The number of hydrogen-bond acceptors (Lipinski definition) is 1. The number of rotatable bonds is 2. The summed E-state index contributed by atoms with van der Waals surface area (Å²) in [5, 5.41) is 9.43. The van der Waals surface area contributed by atoms with Crippen molar-refractivity contribution in [3.63, 3.8) is 0 Å². The van der Waals surface area contributed by atoms with Crippen molar-refractivity contribution in [2.45, 2.75) is 31.8 Å². The highest BCUT2D eigenvalue weighted by Gasteiger charge is 2.15. The molecule has 1 aliphatic carbocycles. The van der Waals surface area contributed by atoms with Gasteiger partial charge >= 0.3 is 0 Å². The molecule has 16 heavy (non-hydrogen) atoms. The number of halogens is 2. The van der Waals surface area contributed by atoms with Gasteiger partial charge in [-0.15, -0.1) is 0 Å². The maximum Gasteiger partial charge on any atom is 0.129 e.